The van der Waals surface area contributed by atoms with Crippen molar-refractivity contribution in [1.82, 2.24) is 5.32 Å². The number of hydrogen-bond acceptors (Lipinski definition) is 6. The normalized spacial score (nSPS) is 35.0. The van der Waals surface area contributed by atoms with Crippen LogP contribution in [0.25, 0.3) is 0 Å². The molecule has 0 aromatic heterocycles. The Labute approximate surface area is 175 Å². The summed E-state index contributed by atoms with van der Waals surface area (Å²) in [5.41, 5.74) is 0.175. The largest absolute Gasteiger partial charge is 0.493 e. The number of aryl methyl sites for hydroxylation is 1. The van der Waals surface area contributed by atoms with Gasteiger partial charge in [0.15, 0.2) is 11.5 Å². The molecule has 2 fully saturated rings. The van der Waals surface area contributed by atoms with Gasteiger partial charge in [-0.15, -0.1) is 0 Å². The Hall–Kier alpha value is -2.04. The van der Waals surface area contributed by atoms with Gasteiger partial charge in [0.05, 0.1) is 7.11 Å². The number of benzene rings is 1. The Balaban J connectivity index is 1.67. The van der Waals surface area contributed by atoms with Gasteiger partial charge in [-0.25, -0.2) is 4.79 Å². The summed E-state index contributed by atoms with van der Waals surface area (Å²) in [4.78, 5) is 11.3. The quantitative estimate of drug-likeness (QED) is 0.524. The Kier molecular flexibility index (Phi) is 4.94. The lowest BCUT2D eigenvalue weighted by Crippen LogP contribution is -2.59. The van der Waals surface area contributed by atoms with E-state index in [9.17, 15) is 23.4 Å². The van der Waals surface area contributed by atoms with Crippen LogP contribution in [0, 0.1) is 17.3 Å². The maximum atomic E-state index is 11.4. The van der Waals surface area contributed by atoms with Gasteiger partial charge in [0.1, 0.15) is 5.72 Å². The van der Waals surface area contributed by atoms with Gasteiger partial charge in [-0.1, -0.05) is 6.92 Å². The van der Waals surface area contributed by atoms with Crippen LogP contribution in [0.15, 0.2) is 12.1 Å². The summed E-state index contributed by atoms with van der Waals surface area (Å²) in [6.07, 6.45) is 3.05. The number of amides is 1. The Morgan fingerprint density at radius 2 is 1.97 bits per heavy atom. The summed E-state index contributed by atoms with van der Waals surface area (Å²) in [6, 6.07) is 3.53. The van der Waals surface area contributed by atoms with Crippen LogP contribution < -0.4 is 19.4 Å². The molecule has 5 atom stereocenters. The summed E-state index contributed by atoms with van der Waals surface area (Å²) in [5, 5.41) is 27.8. The number of carboxylic acid groups (broad SMARTS) is 1. The number of ether oxygens (including phenoxy) is 1. The number of methoxy groups -OCH3 is 1. The first-order valence-corrected chi connectivity index (χ1v) is 11.6. The number of fused-ring (bicyclic) bond motifs is 5. The third-order valence-corrected chi connectivity index (χ3v) is 8.09. The van der Waals surface area contributed by atoms with E-state index in [1.807, 2.05) is 13.0 Å². The maximum absolute atomic E-state index is 11.4. The number of hydrogen-bond donors (Lipinski definition) is 4. The molecule has 30 heavy (non-hydrogen) atoms. The molecule has 0 heterocycles. The highest BCUT2D eigenvalue weighted by atomic mass is 32.2. The summed E-state index contributed by atoms with van der Waals surface area (Å²) < 4.78 is 33.0. The van der Waals surface area contributed by atoms with Crippen molar-refractivity contribution in [3.05, 3.63) is 23.3 Å². The second-order valence-electron chi connectivity index (χ2n) is 8.98. The lowest BCUT2D eigenvalue weighted by molar-refractivity contribution is -0.118. The van der Waals surface area contributed by atoms with Gasteiger partial charge < -0.3 is 19.1 Å². The minimum absolute atomic E-state index is 0.0822. The Morgan fingerprint density at radius 1 is 1.23 bits per heavy atom. The maximum Gasteiger partial charge on any atom is 0.406 e. The predicted octanol–water partition coefficient (Wildman–Crippen LogP) is 2.09. The monoisotopic (exact) mass is 440 g/mol. The highest BCUT2D eigenvalue weighted by molar-refractivity contribution is 7.84. The molecule has 1 aromatic carbocycles. The highest BCUT2D eigenvalue weighted by Gasteiger charge is 2.62. The fourth-order valence-electron chi connectivity index (χ4n) is 6.33. The molecule has 1 aromatic rings. The number of nitrogens with two attached hydrogens (primary N) is 1. The van der Waals surface area contributed by atoms with E-state index in [2.05, 4.69) is 5.32 Å². The van der Waals surface area contributed by atoms with Gasteiger partial charge in [-0.3, -0.25) is 5.32 Å². The molecular weight excluding hydrogens is 412 g/mol. The number of aliphatic hydroxyl groups is 1. The first-order valence-electron chi connectivity index (χ1n) is 10.1. The molecule has 0 saturated heterocycles. The Bertz CT molecular complexity index is 982. The van der Waals surface area contributed by atoms with Gasteiger partial charge in [0.25, 0.3) is 0 Å². The van der Waals surface area contributed by atoms with E-state index in [1.54, 1.807) is 6.07 Å². The second kappa shape index (κ2) is 7.00. The minimum atomic E-state index is -4.17. The van der Waals surface area contributed by atoms with Gasteiger partial charge in [-0.2, -0.15) is 13.6 Å². The van der Waals surface area contributed by atoms with Crippen LogP contribution in [0.5, 0.6) is 11.5 Å². The van der Waals surface area contributed by atoms with Crippen LogP contribution in [-0.4, -0.2) is 37.6 Å². The topological polar surface area (TPSA) is 148 Å². The van der Waals surface area contributed by atoms with Gasteiger partial charge in [0.2, 0.25) is 0 Å². The van der Waals surface area contributed by atoms with E-state index in [0.717, 1.165) is 36.8 Å². The van der Waals surface area contributed by atoms with Crippen LogP contribution in [0.4, 0.5) is 4.79 Å². The number of nitrogens with one attached hydrogen (secondary N) is 1. The molecule has 2 saturated carbocycles. The molecule has 10 heteroatoms. The van der Waals surface area contributed by atoms with Crippen molar-refractivity contribution in [3.63, 3.8) is 0 Å². The van der Waals surface area contributed by atoms with Crippen LogP contribution in [0.1, 0.15) is 56.1 Å². The second-order valence-corrected chi connectivity index (χ2v) is 10.1. The van der Waals surface area contributed by atoms with E-state index in [4.69, 9.17) is 14.1 Å². The molecule has 5 N–H and O–H groups in total. The SMILES string of the molecule is COc1cc2c(cc1OS(N)(=O)=O)CCC1C2CC[C@@]2(C)C1CC[C@]2(O)NC(=O)O. The zero-order valence-electron chi connectivity index (χ0n) is 17.1. The predicted molar refractivity (Wildman–Crippen MR) is 107 cm³/mol. The standard InChI is InChI=1S/C20H28N2O7S/c1-19-7-5-12-13(15(19)6-8-20(19,25)22-18(23)24)4-3-11-9-17(29-30(21,26)27)16(28-2)10-14(11)12/h9-10,12-13,15,22,25H,3-8H2,1-2H3,(H,23,24)(H2,21,26,27)/t12?,13?,15?,19-,20+/m0/s1. The first kappa shape index (κ1) is 21.2. The minimum Gasteiger partial charge on any atom is -0.493 e. The zero-order chi connectivity index (χ0) is 21.9. The van der Waals surface area contributed by atoms with E-state index >= 15 is 0 Å². The van der Waals surface area contributed by atoms with E-state index in [1.165, 1.54) is 7.11 Å². The average molecular weight is 441 g/mol. The van der Waals surface area contributed by atoms with Crippen molar-refractivity contribution in [1.29, 1.82) is 0 Å². The molecule has 9 nitrogen and oxygen atoms in total. The number of carbonyl (C=O) groups is 1. The van der Waals surface area contributed by atoms with Crippen LogP contribution in [0.2, 0.25) is 0 Å². The summed E-state index contributed by atoms with van der Waals surface area (Å²) in [7, 11) is -2.72. The molecule has 0 aliphatic heterocycles. The molecular formula is C20H28N2O7S. The highest BCUT2D eigenvalue weighted by Crippen LogP contribution is 2.63. The molecule has 0 bridgehead atoms. The van der Waals surface area contributed by atoms with Crippen molar-refractivity contribution in [2.75, 3.05) is 7.11 Å². The third kappa shape index (κ3) is 3.30. The van der Waals surface area contributed by atoms with E-state index in [0.29, 0.717) is 24.5 Å². The van der Waals surface area contributed by atoms with Crippen LogP contribution in [0.3, 0.4) is 0 Å². The average Bonchev–Trinajstić information content (AvgIpc) is 2.90. The van der Waals surface area contributed by atoms with Crippen LogP contribution >= 0.6 is 0 Å². The lowest BCUT2D eigenvalue weighted by atomic mass is 9.54. The lowest BCUT2D eigenvalue weighted by Gasteiger charge is -2.53. The number of rotatable bonds is 4. The molecule has 3 unspecified atom stereocenters. The molecule has 0 radical (unpaired) electrons. The van der Waals surface area contributed by atoms with E-state index < -0.39 is 27.5 Å². The molecule has 0 spiro atoms. The molecule has 1 amide bonds. The van der Waals surface area contributed by atoms with Crippen molar-refractivity contribution in [2.24, 2.45) is 22.4 Å². The van der Waals surface area contributed by atoms with Crippen molar-refractivity contribution in [2.45, 2.75) is 57.1 Å². The molecule has 4 rings (SSSR count). The zero-order valence-corrected chi connectivity index (χ0v) is 17.9. The smallest absolute Gasteiger partial charge is 0.406 e. The molecule has 3 aliphatic carbocycles. The Morgan fingerprint density at radius 3 is 2.60 bits per heavy atom. The summed E-state index contributed by atoms with van der Waals surface area (Å²) in [5.74, 6) is 1.12. The molecule has 166 valence electrons. The first-order chi connectivity index (χ1) is 14.0. The fourth-order valence-corrected chi connectivity index (χ4v) is 6.71. The van der Waals surface area contributed by atoms with Gasteiger partial charge in [0, 0.05) is 5.41 Å². The molecule has 3 aliphatic rings. The van der Waals surface area contributed by atoms with Gasteiger partial charge >= 0.3 is 16.4 Å². The van der Waals surface area contributed by atoms with Crippen molar-refractivity contribution in [3.8, 4) is 11.5 Å². The van der Waals surface area contributed by atoms with Crippen LogP contribution in [-0.2, 0) is 16.7 Å². The van der Waals surface area contributed by atoms with Crippen molar-refractivity contribution >= 4 is 16.4 Å². The van der Waals surface area contributed by atoms with Crippen molar-refractivity contribution < 1.29 is 32.3 Å². The third-order valence-electron chi connectivity index (χ3n) is 7.68. The summed E-state index contributed by atoms with van der Waals surface area (Å²) >= 11 is 0. The summed E-state index contributed by atoms with van der Waals surface area (Å²) in [6.45, 7) is 2.00. The van der Waals surface area contributed by atoms with Gasteiger partial charge in [-0.05, 0) is 79.5 Å². The fraction of sp³-hybridized carbons (Fsp3) is 0.650. The van der Waals surface area contributed by atoms with E-state index in [-0.39, 0.29) is 17.6 Å².